The molecule has 1 fully saturated rings. The Kier molecular flexibility index (Phi) is 4.59. The molecule has 18 heavy (non-hydrogen) atoms. The molecule has 0 spiro atoms. The van der Waals surface area contributed by atoms with Crippen molar-refractivity contribution < 1.29 is 0 Å². The van der Waals surface area contributed by atoms with Gasteiger partial charge < -0.3 is 10.2 Å². The zero-order chi connectivity index (χ0) is 13.0. The van der Waals surface area contributed by atoms with Crippen LogP contribution in [0.15, 0.2) is 18.3 Å². The van der Waals surface area contributed by atoms with Gasteiger partial charge in [0.15, 0.2) is 0 Å². The first kappa shape index (κ1) is 13.3. The van der Waals surface area contributed by atoms with Gasteiger partial charge in [0.2, 0.25) is 0 Å². The highest BCUT2D eigenvalue weighted by atomic mass is 15.2. The number of nitrogens with one attached hydrogen (secondary N) is 1. The summed E-state index contributed by atoms with van der Waals surface area (Å²) in [5, 5.41) is 3.62. The highest BCUT2D eigenvalue weighted by Crippen LogP contribution is 2.20. The molecule has 1 aliphatic heterocycles. The number of anilines is 1. The second kappa shape index (κ2) is 6.19. The lowest BCUT2D eigenvalue weighted by atomic mass is 10.0. The molecule has 0 aromatic carbocycles. The fraction of sp³-hybridized carbons (Fsp3) is 0.667. The molecule has 1 atom stereocenters. The molecule has 1 N–H and O–H groups in total. The lowest BCUT2D eigenvalue weighted by molar-refractivity contribution is 0.392. The molecule has 3 nitrogen and oxygen atoms in total. The minimum atomic E-state index is 0.488. The van der Waals surface area contributed by atoms with Crippen LogP contribution in [0.1, 0.15) is 38.7 Å². The van der Waals surface area contributed by atoms with Crippen molar-refractivity contribution in [2.45, 2.75) is 52.1 Å². The molecule has 2 heterocycles. The molecule has 1 saturated heterocycles. The highest BCUT2D eigenvalue weighted by Gasteiger charge is 2.20. The number of hydrogen-bond donors (Lipinski definition) is 1. The Balaban J connectivity index is 2.10. The molecule has 0 bridgehead atoms. The summed E-state index contributed by atoms with van der Waals surface area (Å²) in [5.74, 6) is 1.14. The number of nitrogens with zero attached hydrogens (tertiary/aromatic N) is 2. The van der Waals surface area contributed by atoms with E-state index in [0.717, 1.165) is 18.9 Å². The number of aryl methyl sites for hydroxylation is 1. The average Bonchev–Trinajstić information content (AvgIpc) is 2.38. The predicted octanol–water partition coefficient (Wildman–Crippen LogP) is 2.75. The van der Waals surface area contributed by atoms with Gasteiger partial charge in [-0.3, -0.25) is 0 Å². The van der Waals surface area contributed by atoms with E-state index in [-0.39, 0.29) is 0 Å². The molecule has 0 saturated carbocycles. The van der Waals surface area contributed by atoms with E-state index in [2.05, 4.69) is 42.0 Å². The van der Waals surface area contributed by atoms with Crippen LogP contribution in [-0.4, -0.2) is 30.2 Å². The Morgan fingerprint density at radius 3 is 2.89 bits per heavy atom. The first-order valence-corrected chi connectivity index (χ1v) is 7.10. The van der Waals surface area contributed by atoms with Gasteiger partial charge in [0, 0.05) is 24.8 Å². The summed E-state index contributed by atoms with van der Waals surface area (Å²) in [7, 11) is 0. The number of hydrogen-bond acceptors (Lipinski definition) is 3. The van der Waals surface area contributed by atoms with E-state index in [1.165, 1.54) is 24.8 Å². The topological polar surface area (TPSA) is 28.2 Å². The van der Waals surface area contributed by atoms with Gasteiger partial charge >= 0.3 is 0 Å². The maximum atomic E-state index is 4.56. The Hall–Kier alpha value is -1.09. The monoisotopic (exact) mass is 247 g/mol. The standard InChI is InChI=1S/C15H25N3/c1-12(2)18(11-14-8-4-5-9-16-14)15-13(3)7-6-10-17-15/h6-7,10,12,14,16H,4-5,8-9,11H2,1-3H3. The van der Waals surface area contributed by atoms with Crippen LogP contribution in [0.25, 0.3) is 0 Å². The highest BCUT2D eigenvalue weighted by molar-refractivity contribution is 5.46. The van der Waals surface area contributed by atoms with E-state index in [0.29, 0.717) is 12.1 Å². The zero-order valence-electron chi connectivity index (χ0n) is 11.8. The number of aromatic nitrogens is 1. The first-order chi connectivity index (χ1) is 8.68. The van der Waals surface area contributed by atoms with Crippen LogP contribution >= 0.6 is 0 Å². The van der Waals surface area contributed by atoms with Gasteiger partial charge in [-0.25, -0.2) is 4.98 Å². The summed E-state index contributed by atoms with van der Waals surface area (Å²) in [4.78, 5) is 6.99. The Labute approximate surface area is 111 Å². The van der Waals surface area contributed by atoms with Crippen LogP contribution in [-0.2, 0) is 0 Å². The maximum Gasteiger partial charge on any atom is 0.131 e. The van der Waals surface area contributed by atoms with Crippen LogP contribution in [0.2, 0.25) is 0 Å². The number of rotatable bonds is 4. The summed E-state index contributed by atoms with van der Waals surface area (Å²) in [5.41, 5.74) is 1.27. The van der Waals surface area contributed by atoms with E-state index < -0.39 is 0 Å². The van der Waals surface area contributed by atoms with Gasteiger partial charge in [-0.05, 0) is 51.8 Å². The van der Waals surface area contributed by atoms with Crippen molar-refractivity contribution >= 4 is 5.82 Å². The molecule has 0 aliphatic carbocycles. The molecule has 3 heteroatoms. The molecule has 0 amide bonds. The zero-order valence-corrected chi connectivity index (χ0v) is 11.8. The van der Waals surface area contributed by atoms with Gasteiger partial charge in [0.05, 0.1) is 0 Å². The third-order valence-corrected chi connectivity index (χ3v) is 3.71. The quantitative estimate of drug-likeness (QED) is 0.886. The normalized spacial score (nSPS) is 20.1. The summed E-state index contributed by atoms with van der Waals surface area (Å²) >= 11 is 0. The van der Waals surface area contributed by atoms with E-state index in [1.54, 1.807) is 0 Å². The van der Waals surface area contributed by atoms with Crippen molar-refractivity contribution in [2.75, 3.05) is 18.0 Å². The number of piperidine rings is 1. The Morgan fingerprint density at radius 2 is 2.28 bits per heavy atom. The molecule has 2 rings (SSSR count). The SMILES string of the molecule is Cc1cccnc1N(CC1CCCCN1)C(C)C. The van der Waals surface area contributed by atoms with E-state index in [4.69, 9.17) is 0 Å². The second-order valence-corrected chi connectivity index (χ2v) is 5.54. The molecule has 1 aliphatic rings. The van der Waals surface area contributed by atoms with Crippen molar-refractivity contribution in [3.05, 3.63) is 23.9 Å². The van der Waals surface area contributed by atoms with Crippen molar-refractivity contribution in [3.63, 3.8) is 0 Å². The van der Waals surface area contributed by atoms with Gasteiger partial charge in [0.1, 0.15) is 5.82 Å². The third kappa shape index (κ3) is 3.22. The predicted molar refractivity (Wildman–Crippen MR) is 77.1 cm³/mol. The lowest BCUT2D eigenvalue weighted by Gasteiger charge is -2.34. The van der Waals surface area contributed by atoms with Crippen LogP contribution in [0, 0.1) is 6.92 Å². The smallest absolute Gasteiger partial charge is 0.131 e. The minimum absolute atomic E-state index is 0.488. The van der Waals surface area contributed by atoms with Crippen LogP contribution in [0.5, 0.6) is 0 Å². The van der Waals surface area contributed by atoms with Crippen LogP contribution in [0.3, 0.4) is 0 Å². The van der Waals surface area contributed by atoms with Crippen LogP contribution < -0.4 is 10.2 Å². The van der Waals surface area contributed by atoms with Crippen molar-refractivity contribution in [1.82, 2.24) is 10.3 Å². The maximum absolute atomic E-state index is 4.56. The average molecular weight is 247 g/mol. The summed E-state index contributed by atoms with van der Waals surface area (Å²) in [6.07, 6.45) is 5.85. The van der Waals surface area contributed by atoms with Gasteiger partial charge in [-0.1, -0.05) is 12.5 Å². The fourth-order valence-corrected chi connectivity index (χ4v) is 2.64. The second-order valence-electron chi connectivity index (χ2n) is 5.54. The molecule has 1 unspecified atom stereocenters. The van der Waals surface area contributed by atoms with E-state index in [1.807, 2.05) is 12.3 Å². The first-order valence-electron chi connectivity index (χ1n) is 7.10. The molecular weight excluding hydrogens is 222 g/mol. The summed E-state index contributed by atoms with van der Waals surface area (Å²) < 4.78 is 0. The van der Waals surface area contributed by atoms with Gasteiger partial charge in [-0.15, -0.1) is 0 Å². The number of pyridine rings is 1. The van der Waals surface area contributed by atoms with Crippen molar-refractivity contribution in [2.24, 2.45) is 0 Å². The molecule has 1 aromatic heterocycles. The Morgan fingerprint density at radius 1 is 1.44 bits per heavy atom. The summed E-state index contributed by atoms with van der Waals surface area (Å²) in [6.45, 7) is 8.87. The van der Waals surface area contributed by atoms with Crippen LogP contribution in [0.4, 0.5) is 5.82 Å². The van der Waals surface area contributed by atoms with E-state index in [9.17, 15) is 0 Å². The van der Waals surface area contributed by atoms with E-state index >= 15 is 0 Å². The lowest BCUT2D eigenvalue weighted by Crippen LogP contribution is -2.46. The molecule has 100 valence electrons. The minimum Gasteiger partial charge on any atom is -0.352 e. The molecular formula is C15H25N3. The third-order valence-electron chi connectivity index (χ3n) is 3.71. The summed E-state index contributed by atoms with van der Waals surface area (Å²) in [6, 6.07) is 5.26. The molecule has 0 radical (unpaired) electrons. The largest absolute Gasteiger partial charge is 0.352 e. The van der Waals surface area contributed by atoms with Crippen molar-refractivity contribution in [1.29, 1.82) is 0 Å². The van der Waals surface area contributed by atoms with Gasteiger partial charge in [-0.2, -0.15) is 0 Å². The Bertz CT molecular complexity index is 370. The van der Waals surface area contributed by atoms with Gasteiger partial charge in [0.25, 0.3) is 0 Å². The fourth-order valence-electron chi connectivity index (χ4n) is 2.64. The van der Waals surface area contributed by atoms with Crippen molar-refractivity contribution in [3.8, 4) is 0 Å². The molecule has 1 aromatic rings.